The maximum atomic E-state index is 11.3. The lowest BCUT2D eigenvalue weighted by molar-refractivity contribution is 0.0600. The molecule has 0 fully saturated rings. The van der Waals surface area contributed by atoms with E-state index in [1.807, 2.05) is 6.07 Å². The van der Waals surface area contributed by atoms with Gasteiger partial charge < -0.3 is 4.74 Å². The van der Waals surface area contributed by atoms with Crippen LogP contribution in [0.15, 0.2) is 17.0 Å². The number of ether oxygens (including phenoxy) is 1. The molecule has 0 aromatic heterocycles. The van der Waals surface area contributed by atoms with Crippen molar-refractivity contribution in [2.45, 2.75) is 4.90 Å². The van der Waals surface area contributed by atoms with E-state index >= 15 is 0 Å². The topological polar surface area (TPSA) is 50.1 Å². The summed E-state index contributed by atoms with van der Waals surface area (Å²) in [6, 6.07) is 4.91. The predicted molar refractivity (Wildman–Crippen MR) is 54.8 cm³/mol. The molecular weight excluding hydrogens is 222 g/mol. The van der Waals surface area contributed by atoms with E-state index in [1.54, 1.807) is 6.07 Å². The third-order valence-corrected chi connectivity index (χ3v) is 2.32. The number of benzene rings is 1. The van der Waals surface area contributed by atoms with Crippen molar-refractivity contribution in [3.8, 4) is 6.07 Å². The van der Waals surface area contributed by atoms with Crippen LogP contribution in [0, 0.1) is 11.3 Å². The van der Waals surface area contributed by atoms with Gasteiger partial charge in [0.2, 0.25) is 0 Å². The molecule has 0 radical (unpaired) electrons. The summed E-state index contributed by atoms with van der Waals surface area (Å²) < 4.78 is 4.51. The number of thiol groups is 1. The first-order valence-electron chi connectivity index (χ1n) is 3.61. The fraction of sp³-hybridized carbons (Fsp3) is 0.111. The maximum Gasteiger partial charge on any atom is 0.340 e. The summed E-state index contributed by atoms with van der Waals surface area (Å²) in [5.74, 6) is -0.637. The van der Waals surface area contributed by atoms with Gasteiger partial charge >= 0.3 is 5.97 Å². The van der Waals surface area contributed by atoms with E-state index in [4.69, 9.17) is 16.9 Å². The molecule has 1 aromatic carbocycles. The van der Waals surface area contributed by atoms with Gasteiger partial charge in [-0.2, -0.15) is 5.26 Å². The summed E-state index contributed by atoms with van der Waals surface area (Å²) in [7, 11) is 1.23. The van der Waals surface area contributed by atoms with Gasteiger partial charge in [-0.25, -0.2) is 4.79 Å². The molecule has 14 heavy (non-hydrogen) atoms. The third-order valence-electron chi connectivity index (χ3n) is 1.63. The number of esters is 1. The van der Waals surface area contributed by atoms with Crippen LogP contribution in [0.4, 0.5) is 0 Å². The van der Waals surface area contributed by atoms with Gasteiger partial charge in [0.05, 0.1) is 23.3 Å². The fourth-order valence-corrected chi connectivity index (χ4v) is 1.45. The summed E-state index contributed by atoms with van der Waals surface area (Å²) >= 11 is 9.81. The molecule has 0 saturated carbocycles. The number of halogens is 1. The van der Waals surface area contributed by atoms with Crippen LogP contribution in [-0.2, 0) is 4.74 Å². The van der Waals surface area contributed by atoms with Crippen LogP contribution in [0.3, 0.4) is 0 Å². The van der Waals surface area contributed by atoms with Gasteiger partial charge in [0.25, 0.3) is 0 Å². The van der Waals surface area contributed by atoms with Crippen molar-refractivity contribution in [1.82, 2.24) is 0 Å². The number of hydrogen-bond acceptors (Lipinski definition) is 4. The van der Waals surface area contributed by atoms with Gasteiger partial charge in [-0.1, -0.05) is 11.6 Å². The fourth-order valence-electron chi connectivity index (χ4n) is 0.981. The molecule has 0 atom stereocenters. The van der Waals surface area contributed by atoms with E-state index in [1.165, 1.54) is 13.2 Å². The summed E-state index contributed by atoms with van der Waals surface area (Å²) in [6.45, 7) is 0. The van der Waals surface area contributed by atoms with Crippen molar-refractivity contribution in [3.63, 3.8) is 0 Å². The van der Waals surface area contributed by atoms with Gasteiger partial charge in [-0.3, -0.25) is 0 Å². The second kappa shape index (κ2) is 4.36. The summed E-state index contributed by atoms with van der Waals surface area (Å²) in [5, 5.41) is 8.99. The maximum absolute atomic E-state index is 11.3. The first kappa shape index (κ1) is 10.9. The van der Waals surface area contributed by atoms with E-state index in [0.29, 0.717) is 4.90 Å². The van der Waals surface area contributed by atoms with Crippen LogP contribution in [0.2, 0.25) is 5.02 Å². The molecule has 0 saturated heterocycles. The highest BCUT2D eigenvalue weighted by atomic mass is 35.5. The second-order valence-corrected chi connectivity index (χ2v) is 3.31. The van der Waals surface area contributed by atoms with E-state index in [2.05, 4.69) is 17.4 Å². The zero-order chi connectivity index (χ0) is 10.7. The van der Waals surface area contributed by atoms with Gasteiger partial charge in [0.1, 0.15) is 6.07 Å². The smallest absolute Gasteiger partial charge is 0.340 e. The van der Waals surface area contributed by atoms with Crippen molar-refractivity contribution >= 4 is 30.2 Å². The van der Waals surface area contributed by atoms with Gasteiger partial charge in [-0.15, -0.1) is 12.6 Å². The number of hydrogen-bond donors (Lipinski definition) is 1. The Morgan fingerprint density at radius 3 is 2.79 bits per heavy atom. The summed E-state index contributed by atoms with van der Waals surface area (Å²) in [5.41, 5.74) is 0.192. The molecule has 0 aliphatic rings. The number of rotatable bonds is 1. The van der Waals surface area contributed by atoms with Crippen LogP contribution in [0.5, 0.6) is 0 Å². The van der Waals surface area contributed by atoms with Crippen molar-refractivity contribution in [1.29, 1.82) is 5.26 Å². The molecule has 0 spiro atoms. The Morgan fingerprint density at radius 1 is 1.64 bits per heavy atom. The third kappa shape index (κ3) is 1.84. The summed E-state index contributed by atoms with van der Waals surface area (Å²) in [4.78, 5) is 11.7. The normalized spacial score (nSPS) is 9.29. The average Bonchev–Trinajstić information content (AvgIpc) is 2.19. The van der Waals surface area contributed by atoms with Crippen molar-refractivity contribution < 1.29 is 9.53 Å². The molecule has 0 aliphatic carbocycles. The minimum Gasteiger partial charge on any atom is -0.465 e. The highest BCUT2D eigenvalue weighted by molar-refractivity contribution is 7.80. The monoisotopic (exact) mass is 227 g/mol. The Hall–Kier alpha value is -1.18. The van der Waals surface area contributed by atoms with E-state index in [0.717, 1.165) is 0 Å². The van der Waals surface area contributed by atoms with Crippen molar-refractivity contribution in [2.75, 3.05) is 7.11 Å². The predicted octanol–water partition coefficient (Wildman–Crippen LogP) is 2.29. The van der Waals surface area contributed by atoms with E-state index < -0.39 is 5.97 Å². The van der Waals surface area contributed by atoms with Crippen LogP contribution in [0.1, 0.15) is 15.9 Å². The highest BCUT2D eigenvalue weighted by Crippen LogP contribution is 2.25. The average molecular weight is 228 g/mol. The molecule has 1 aromatic rings. The lowest BCUT2D eigenvalue weighted by Gasteiger charge is -2.05. The molecule has 72 valence electrons. The zero-order valence-corrected chi connectivity index (χ0v) is 8.89. The van der Waals surface area contributed by atoms with Gasteiger partial charge in [0.15, 0.2) is 0 Å². The first-order chi connectivity index (χ1) is 6.61. The molecule has 0 aliphatic heterocycles. The number of carbonyl (C=O) groups is 1. The zero-order valence-electron chi connectivity index (χ0n) is 7.24. The number of nitrogens with zero attached hydrogens (tertiary/aromatic N) is 1. The van der Waals surface area contributed by atoms with Crippen LogP contribution in [0.25, 0.3) is 0 Å². The molecule has 0 amide bonds. The molecular formula is C9H6ClNO2S. The Morgan fingerprint density at radius 2 is 2.29 bits per heavy atom. The lowest BCUT2D eigenvalue weighted by Crippen LogP contribution is -2.05. The Bertz CT molecular complexity index is 426. The molecule has 0 heterocycles. The molecule has 0 N–H and O–H groups in total. The van der Waals surface area contributed by atoms with Gasteiger partial charge in [0, 0.05) is 4.90 Å². The van der Waals surface area contributed by atoms with Crippen LogP contribution < -0.4 is 0 Å². The van der Waals surface area contributed by atoms with Crippen molar-refractivity contribution in [3.05, 3.63) is 28.3 Å². The number of carbonyl (C=O) groups excluding carboxylic acids is 1. The largest absolute Gasteiger partial charge is 0.465 e. The van der Waals surface area contributed by atoms with Gasteiger partial charge in [-0.05, 0) is 12.1 Å². The Balaban J connectivity index is 3.47. The number of nitriles is 1. The molecule has 0 bridgehead atoms. The second-order valence-electron chi connectivity index (χ2n) is 2.42. The molecule has 1 rings (SSSR count). The standard InChI is InChI=1S/C9H6ClNO2S/c1-13-9(12)8-5(4-11)7(14)3-2-6(8)10/h2-3,14H,1H3. The SMILES string of the molecule is COC(=O)c1c(Cl)ccc(S)c1C#N. The van der Waals surface area contributed by atoms with Crippen molar-refractivity contribution in [2.24, 2.45) is 0 Å². The number of methoxy groups -OCH3 is 1. The van der Waals surface area contributed by atoms with Crippen LogP contribution in [-0.4, -0.2) is 13.1 Å². The molecule has 5 heteroatoms. The van der Waals surface area contributed by atoms with E-state index in [9.17, 15) is 4.79 Å². The molecule has 3 nitrogen and oxygen atoms in total. The summed E-state index contributed by atoms with van der Waals surface area (Å²) in [6.07, 6.45) is 0. The quantitative estimate of drug-likeness (QED) is 0.592. The lowest BCUT2D eigenvalue weighted by atomic mass is 10.1. The Kier molecular flexibility index (Phi) is 3.39. The Labute approximate surface area is 91.7 Å². The van der Waals surface area contributed by atoms with Crippen LogP contribution >= 0.6 is 24.2 Å². The first-order valence-corrected chi connectivity index (χ1v) is 4.44. The molecule has 0 unspecified atom stereocenters. The van der Waals surface area contributed by atoms with E-state index in [-0.39, 0.29) is 16.1 Å². The minimum absolute atomic E-state index is 0.0594. The highest BCUT2D eigenvalue weighted by Gasteiger charge is 2.18. The minimum atomic E-state index is -0.637.